The van der Waals surface area contributed by atoms with Crippen molar-refractivity contribution in [3.8, 4) is 11.1 Å². The molecule has 0 bridgehead atoms. The molecule has 6 rings (SSSR count). The Morgan fingerprint density at radius 3 is 2.18 bits per heavy atom. The minimum absolute atomic E-state index is 0.0366. The van der Waals surface area contributed by atoms with Gasteiger partial charge in [0.05, 0.1) is 17.7 Å². The summed E-state index contributed by atoms with van der Waals surface area (Å²) in [5.74, 6) is 0.557. The largest absolute Gasteiger partial charge is 0.444 e. The second-order valence-electron chi connectivity index (χ2n) is 16.9. The highest BCUT2D eigenvalue weighted by Gasteiger charge is 2.56. The minimum atomic E-state index is -1.20. The first-order chi connectivity index (χ1) is 24.3. The van der Waals surface area contributed by atoms with Gasteiger partial charge in [-0.1, -0.05) is 82.2 Å². The van der Waals surface area contributed by atoms with Gasteiger partial charge in [-0.3, -0.25) is 14.4 Å². The monoisotopic (exact) mass is 702 g/mol. The summed E-state index contributed by atoms with van der Waals surface area (Å²) in [5.41, 5.74) is -0.900. The van der Waals surface area contributed by atoms with Gasteiger partial charge >= 0.3 is 6.09 Å². The van der Waals surface area contributed by atoms with Crippen molar-refractivity contribution in [2.45, 2.75) is 116 Å². The number of carbonyl (C=O) groups excluding carboxylic acids is 3. The van der Waals surface area contributed by atoms with Crippen molar-refractivity contribution in [2.75, 3.05) is 39.3 Å². The molecule has 3 amide bonds. The van der Waals surface area contributed by atoms with Crippen molar-refractivity contribution >= 4 is 17.9 Å². The maximum Gasteiger partial charge on any atom is 0.410 e. The number of carbonyl (C=O) groups is 3. The molecule has 2 saturated carbocycles. The first kappa shape index (κ1) is 37.1. The second-order valence-corrected chi connectivity index (χ2v) is 16.9. The molecule has 1 aromatic heterocycles. The number of benzene rings is 1. The fourth-order valence-electron chi connectivity index (χ4n) is 9.22. The van der Waals surface area contributed by atoms with Crippen molar-refractivity contribution in [3.05, 3.63) is 58.5 Å². The number of aromatic nitrogens is 1. The topological polar surface area (TPSA) is 112 Å². The normalized spacial score (nSPS) is 23.4. The van der Waals surface area contributed by atoms with E-state index in [2.05, 4.69) is 6.92 Å². The molecule has 2 atom stereocenters. The minimum Gasteiger partial charge on any atom is -0.444 e. The second kappa shape index (κ2) is 15.1. The average molecular weight is 703 g/mol. The van der Waals surface area contributed by atoms with E-state index in [1.807, 2.05) is 56.0 Å². The van der Waals surface area contributed by atoms with E-state index < -0.39 is 22.7 Å². The Balaban J connectivity index is 1.23. The molecule has 1 unspecified atom stereocenters. The van der Waals surface area contributed by atoms with Crippen LogP contribution in [0.3, 0.4) is 0 Å². The first-order valence-corrected chi connectivity index (χ1v) is 19.4. The third-order valence-electron chi connectivity index (χ3n) is 12.1. The number of piperidine rings is 1. The zero-order chi connectivity index (χ0) is 36.4. The fourth-order valence-corrected chi connectivity index (χ4v) is 9.22. The molecule has 10 nitrogen and oxygen atoms in total. The van der Waals surface area contributed by atoms with Gasteiger partial charge in [-0.25, -0.2) is 4.79 Å². The number of hydrogen-bond donors (Lipinski definition) is 1. The molecule has 3 heterocycles. The molecule has 2 saturated heterocycles. The van der Waals surface area contributed by atoms with Gasteiger partial charge in [0.2, 0.25) is 5.91 Å². The summed E-state index contributed by atoms with van der Waals surface area (Å²) in [7, 11) is 0. The van der Waals surface area contributed by atoms with Crippen LogP contribution in [0, 0.1) is 17.3 Å². The van der Waals surface area contributed by atoms with E-state index in [1.165, 1.54) is 42.7 Å². The maximum atomic E-state index is 14.3. The molecule has 1 spiro atoms. The first-order valence-electron chi connectivity index (χ1n) is 19.4. The molecule has 4 aliphatic rings. The van der Waals surface area contributed by atoms with Gasteiger partial charge in [-0.05, 0) is 57.9 Å². The van der Waals surface area contributed by atoms with Crippen LogP contribution in [0.4, 0.5) is 4.79 Å². The van der Waals surface area contributed by atoms with Crippen LogP contribution in [0.15, 0.2) is 47.4 Å². The van der Waals surface area contributed by atoms with Crippen LogP contribution in [0.1, 0.15) is 109 Å². The molecule has 4 fully saturated rings. The highest BCUT2D eigenvalue weighted by Crippen LogP contribution is 2.52. The molecule has 2 aromatic rings. The van der Waals surface area contributed by atoms with Crippen molar-refractivity contribution in [2.24, 2.45) is 17.3 Å². The predicted octanol–water partition coefficient (Wildman–Crippen LogP) is 6.34. The molecule has 10 heteroatoms. The van der Waals surface area contributed by atoms with E-state index in [1.54, 1.807) is 16.0 Å². The highest BCUT2D eigenvalue weighted by atomic mass is 16.6. The standard InChI is InChI=1S/C41H58N4O6/c1-30(25-31-13-7-5-8-14-31)36(47)44-20-19-41(50,40(28-44)17-11-12-18-40)29-45-27-34(33(26-35(45)46)32-15-9-6-10-16-32)37(48)42-21-23-43(24-22-42)38(49)51-39(2,3)4/h6,9-10,15-16,26-27,30-31,50H,5,7-8,11-14,17-25,28-29H2,1-4H3/t30?,41-/m0/s1. The Hall–Kier alpha value is -3.66. The molecule has 2 aliphatic carbocycles. The van der Waals surface area contributed by atoms with E-state index in [0.717, 1.165) is 37.7 Å². The van der Waals surface area contributed by atoms with Crippen LogP contribution in [0.25, 0.3) is 11.1 Å². The SMILES string of the molecule is CC(CC1CCCCC1)C(=O)N1CC[C@](O)(Cn2cc(C(=O)N3CCN(C(=O)OC(C)(C)C)CC3)c(-c3ccccc3)cc2=O)C2(CCCC2)C1. The number of rotatable bonds is 7. The smallest absolute Gasteiger partial charge is 0.410 e. The van der Waals surface area contributed by atoms with Crippen LogP contribution < -0.4 is 5.56 Å². The Morgan fingerprint density at radius 2 is 1.53 bits per heavy atom. The van der Waals surface area contributed by atoms with E-state index in [-0.39, 0.29) is 29.8 Å². The van der Waals surface area contributed by atoms with Gasteiger partial charge in [-0.2, -0.15) is 0 Å². The summed E-state index contributed by atoms with van der Waals surface area (Å²) in [5, 5.41) is 12.6. The molecule has 1 N–H and O–H groups in total. The molecular weight excluding hydrogens is 644 g/mol. The van der Waals surface area contributed by atoms with Gasteiger partial charge in [-0.15, -0.1) is 0 Å². The van der Waals surface area contributed by atoms with E-state index in [9.17, 15) is 24.3 Å². The van der Waals surface area contributed by atoms with Crippen molar-refractivity contribution in [1.29, 1.82) is 0 Å². The number of amides is 3. The van der Waals surface area contributed by atoms with Crippen LogP contribution in [-0.4, -0.2) is 92.8 Å². The Labute approximate surface area is 303 Å². The lowest BCUT2D eigenvalue weighted by molar-refractivity contribution is -0.163. The van der Waals surface area contributed by atoms with Gasteiger partial charge < -0.3 is 29.1 Å². The number of aliphatic hydroxyl groups is 1. The lowest BCUT2D eigenvalue weighted by Crippen LogP contribution is -2.62. The number of likely N-dealkylation sites (tertiary alicyclic amines) is 1. The molecule has 2 aliphatic heterocycles. The van der Waals surface area contributed by atoms with Gasteiger partial charge in [0.15, 0.2) is 0 Å². The van der Waals surface area contributed by atoms with Gasteiger partial charge in [0, 0.05) is 68.4 Å². The van der Waals surface area contributed by atoms with Crippen LogP contribution in [-0.2, 0) is 16.1 Å². The summed E-state index contributed by atoms with van der Waals surface area (Å²) in [6.45, 7) is 9.95. The Bertz CT molecular complexity index is 1610. The summed E-state index contributed by atoms with van der Waals surface area (Å²) in [6, 6.07) is 11.0. The number of ether oxygens (including phenoxy) is 1. The van der Waals surface area contributed by atoms with Gasteiger partial charge in [0.1, 0.15) is 5.60 Å². The summed E-state index contributed by atoms with van der Waals surface area (Å²) < 4.78 is 7.07. The number of pyridine rings is 1. The summed E-state index contributed by atoms with van der Waals surface area (Å²) in [4.78, 5) is 60.0. The third-order valence-corrected chi connectivity index (χ3v) is 12.1. The third kappa shape index (κ3) is 8.21. The number of hydrogen-bond acceptors (Lipinski definition) is 6. The molecular formula is C41H58N4O6. The Kier molecular flexibility index (Phi) is 11.0. The van der Waals surface area contributed by atoms with E-state index >= 15 is 0 Å². The molecule has 1 aromatic carbocycles. The maximum absolute atomic E-state index is 14.3. The van der Waals surface area contributed by atoms with Crippen LogP contribution in [0.5, 0.6) is 0 Å². The summed E-state index contributed by atoms with van der Waals surface area (Å²) >= 11 is 0. The van der Waals surface area contributed by atoms with Crippen LogP contribution in [0.2, 0.25) is 0 Å². The van der Waals surface area contributed by atoms with E-state index in [4.69, 9.17) is 4.74 Å². The zero-order valence-electron chi connectivity index (χ0n) is 31.2. The highest BCUT2D eigenvalue weighted by molar-refractivity contribution is 6.00. The Morgan fingerprint density at radius 1 is 0.882 bits per heavy atom. The number of piperazine rings is 1. The van der Waals surface area contributed by atoms with Crippen LogP contribution >= 0.6 is 0 Å². The van der Waals surface area contributed by atoms with Crippen molar-refractivity contribution in [3.63, 3.8) is 0 Å². The molecule has 51 heavy (non-hydrogen) atoms. The lowest BCUT2D eigenvalue weighted by Gasteiger charge is -2.53. The fraction of sp³-hybridized carbons (Fsp3) is 0.659. The van der Waals surface area contributed by atoms with E-state index in [0.29, 0.717) is 62.7 Å². The molecule has 278 valence electrons. The number of nitrogens with zero attached hydrogens (tertiary/aromatic N) is 4. The quantitative estimate of drug-likeness (QED) is 0.361. The van der Waals surface area contributed by atoms with Crippen molar-refractivity contribution < 1.29 is 24.2 Å². The summed E-state index contributed by atoms with van der Waals surface area (Å²) in [6.07, 6.45) is 12.4. The lowest BCUT2D eigenvalue weighted by atomic mass is 9.65. The zero-order valence-corrected chi connectivity index (χ0v) is 31.2. The van der Waals surface area contributed by atoms with Crippen molar-refractivity contribution in [1.82, 2.24) is 19.3 Å². The van der Waals surface area contributed by atoms with Gasteiger partial charge in [0.25, 0.3) is 11.5 Å². The molecule has 0 radical (unpaired) electrons. The predicted molar refractivity (Wildman–Crippen MR) is 197 cm³/mol. The average Bonchev–Trinajstić information content (AvgIpc) is 3.59.